The average Bonchev–Trinajstić information content (AvgIpc) is 2.58. The van der Waals surface area contributed by atoms with Gasteiger partial charge >= 0.3 is 0 Å². The van der Waals surface area contributed by atoms with E-state index in [1.807, 2.05) is 18.2 Å². The van der Waals surface area contributed by atoms with Crippen LogP contribution >= 0.6 is 11.8 Å². The van der Waals surface area contributed by atoms with E-state index in [1.54, 1.807) is 12.1 Å². The predicted molar refractivity (Wildman–Crippen MR) is 64.4 cm³/mol. The summed E-state index contributed by atoms with van der Waals surface area (Å²) in [5, 5.41) is 8.13. The molecule has 5 heteroatoms. The number of hydrogen-bond donors (Lipinski definition) is 0. The van der Waals surface area contributed by atoms with Gasteiger partial charge in [-0.05, 0) is 24.1 Å². The van der Waals surface area contributed by atoms with Gasteiger partial charge in [0.05, 0.1) is 16.9 Å². The molecule has 0 spiro atoms. The summed E-state index contributed by atoms with van der Waals surface area (Å²) < 4.78 is 0. The molecule has 1 atom stereocenters. The van der Waals surface area contributed by atoms with Crippen molar-refractivity contribution in [1.82, 2.24) is 4.90 Å². The predicted octanol–water partition coefficient (Wildman–Crippen LogP) is 1.79. The minimum Gasteiger partial charge on any atom is -0.275 e. The van der Waals surface area contributed by atoms with Crippen molar-refractivity contribution >= 4 is 22.9 Å². The van der Waals surface area contributed by atoms with Gasteiger partial charge < -0.3 is 0 Å². The third kappa shape index (κ3) is 2.32. The van der Waals surface area contributed by atoms with E-state index in [-0.39, 0.29) is 16.4 Å². The smallest absolute Gasteiger partial charge is 0.275 e. The Hall–Kier alpha value is -1.80. The number of amides is 2. The van der Waals surface area contributed by atoms with Crippen LogP contribution in [0.4, 0.5) is 4.79 Å². The van der Waals surface area contributed by atoms with Crippen LogP contribution in [-0.2, 0) is 11.2 Å². The van der Waals surface area contributed by atoms with Crippen LogP contribution in [-0.4, -0.2) is 28.3 Å². The fourth-order valence-corrected chi connectivity index (χ4v) is 2.64. The molecule has 1 saturated heterocycles. The summed E-state index contributed by atoms with van der Waals surface area (Å²) >= 11 is 1.06. The molecule has 1 aromatic carbocycles. The molecule has 1 aliphatic rings. The Bertz CT molecular complexity index is 504. The lowest BCUT2D eigenvalue weighted by Gasteiger charge is -2.07. The van der Waals surface area contributed by atoms with E-state index in [0.29, 0.717) is 12.0 Å². The molecule has 4 nitrogen and oxygen atoms in total. The van der Waals surface area contributed by atoms with Gasteiger partial charge in [-0.3, -0.25) is 14.5 Å². The van der Waals surface area contributed by atoms with Crippen LogP contribution in [0.5, 0.6) is 0 Å². The maximum atomic E-state index is 11.7. The highest BCUT2D eigenvalue weighted by Crippen LogP contribution is 2.28. The normalized spacial score (nSPS) is 19.5. The van der Waals surface area contributed by atoms with Gasteiger partial charge in [0.2, 0.25) is 5.91 Å². The van der Waals surface area contributed by atoms with Gasteiger partial charge in [0.25, 0.3) is 5.24 Å². The van der Waals surface area contributed by atoms with Crippen molar-refractivity contribution in [1.29, 1.82) is 5.26 Å². The van der Waals surface area contributed by atoms with Crippen LogP contribution in [0.25, 0.3) is 0 Å². The van der Waals surface area contributed by atoms with Crippen molar-refractivity contribution in [3.8, 4) is 6.07 Å². The second-order valence-corrected chi connectivity index (χ2v) is 4.94. The molecule has 86 valence electrons. The van der Waals surface area contributed by atoms with Gasteiger partial charge in [-0.1, -0.05) is 23.9 Å². The maximum absolute atomic E-state index is 11.7. The van der Waals surface area contributed by atoms with Crippen molar-refractivity contribution in [2.24, 2.45) is 0 Å². The second kappa shape index (κ2) is 4.60. The highest BCUT2D eigenvalue weighted by atomic mass is 32.2. The standard InChI is InChI=1S/C12H10N2O2S/c1-14-11(15)10(17-12(14)16)6-8-2-4-9(7-13)5-3-8/h2-5,10H,6H2,1H3/t10-/m1/s1. The number of carbonyl (C=O) groups is 2. The molecule has 2 amide bonds. The van der Waals surface area contributed by atoms with E-state index in [4.69, 9.17) is 5.26 Å². The first-order chi connectivity index (χ1) is 8.11. The van der Waals surface area contributed by atoms with Gasteiger partial charge in [0.15, 0.2) is 0 Å². The summed E-state index contributed by atoms with van der Waals surface area (Å²) in [4.78, 5) is 24.1. The molecule has 0 radical (unpaired) electrons. The molecule has 1 aromatic rings. The van der Waals surface area contributed by atoms with E-state index in [1.165, 1.54) is 7.05 Å². The van der Waals surface area contributed by atoms with Crippen LogP contribution in [0.2, 0.25) is 0 Å². The molecule has 0 unspecified atom stereocenters. The van der Waals surface area contributed by atoms with Gasteiger partial charge in [-0.25, -0.2) is 0 Å². The van der Waals surface area contributed by atoms with Crippen LogP contribution in [0.15, 0.2) is 24.3 Å². The molecule has 0 aliphatic carbocycles. The lowest BCUT2D eigenvalue weighted by atomic mass is 10.1. The minimum atomic E-state index is -0.333. The molecular weight excluding hydrogens is 236 g/mol. The fourth-order valence-electron chi connectivity index (χ4n) is 1.62. The third-order valence-corrected chi connectivity index (χ3v) is 3.76. The number of nitrogens with zero attached hydrogens (tertiary/aromatic N) is 2. The Kier molecular flexibility index (Phi) is 3.16. The molecular formula is C12H10N2O2S. The third-order valence-electron chi connectivity index (χ3n) is 2.63. The van der Waals surface area contributed by atoms with Crippen molar-refractivity contribution in [3.63, 3.8) is 0 Å². The maximum Gasteiger partial charge on any atom is 0.288 e. The summed E-state index contributed by atoms with van der Waals surface area (Å²) in [7, 11) is 1.50. The number of hydrogen-bond acceptors (Lipinski definition) is 4. The van der Waals surface area contributed by atoms with Gasteiger partial charge in [0, 0.05) is 7.05 Å². The Labute approximate surface area is 103 Å². The Morgan fingerprint density at radius 3 is 2.47 bits per heavy atom. The first-order valence-corrected chi connectivity index (χ1v) is 5.97. The number of benzene rings is 1. The molecule has 0 N–H and O–H groups in total. The number of imide groups is 1. The largest absolute Gasteiger partial charge is 0.288 e. The molecule has 0 aromatic heterocycles. The quantitative estimate of drug-likeness (QED) is 0.798. The Morgan fingerprint density at radius 2 is 2.00 bits per heavy atom. The average molecular weight is 246 g/mol. The zero-order valence-corrected chi connectivity index (χ0v) is 10.0. The molecule has 17 heavy (non-hydrogen) atoms. The van der Waals surface area contributed by atoms with Crippen LogP contribution in [0.3, 0.4) is 0 Å². The number of rotatable bonds is 2. The number of thioether (sulfide) groups is 1. The van der Waals surface area contributed by atoms with Crippen molar-refractivity contribution in [2.75, 3.05) is 7.05 Å². The van der Waals surface area contributed by atoms with E-state index in [9.17, 15) is 9.59 Å². The highest BCUT2D eigenvalue weighted by molar-refractivity contribution is 8.15. The summed E-state index contributed by atoms with van der Waals surface area (Å²) in [5.74, 6) is -0.149. The summed E-state index contributed by atoms with van der Waals surface area (Å²) in [6.45, 7) is 0. The molecule has 1 fully saturated rings. The highest BCUT2D eigenvalue weighted by Gasteiger charge is 2.36. The second-order valence-electron chi connectivity index (χ2n) is 3.78. The molecule has 1 heterocycles. The van der Waals surface area contributed by atoms with E-state index >= 15 is 0 Å². The van der Waals surface area contributed by atoms with Gasteiger partial charge in [0.1, 0.15) is 0 Å². The van der Waals surface area contributed by atoms with Crippen molar-refractivity contribution in [3.05, 3.63) is 35.4 Å². The van der Waals surface area contributed by atoms with Crippen molar-refractivity contribution in [2.45, 2.75) is 11.7 Å². The van der Waals surface area contributed by atoms with Crippen LogP contribution < -0.4 is 0 Å². The first kappa shape index (κ1) is 11.7. The number of carbonyl (C=O) groups excluding carboxylic acids is 2. The fraction of sp³-hybridized carbons (Fsp3) is 0.250. The van der Waals surface area contributed by atoms with Crippen LogP contribution in [0, 0.1) is 11.3 Å². The van der Waals surface area contributed by atoms with Crippen LogP contribution in [0.1, 0.15) is 11.1 Å². The van der Waals surface area contributed by atoms with E-state index < -0.39 is 0 Å². The lowest BCUT2D eigenvalue weighted by Crippen LogP contribution is -2.28. The molecule has 0 bridgehead atoms. The molecule has 0 saturated carbocycles. The van der Waals surface area contributed by atoms with E-state index in [2.05, 4.69) is 0 Å². The summed E-state index contributed by atoms with van der Waals surface area (Å²) in [6.07, 6.45) is 0.519. The SMILES string of the molecule is CN1C(=O)S[C@H](Cc2ccc(C#N)cc2)C1=O. The van der Waals surface area contributed by atoms with Gasteiger partial charge in [-0.2, -0.15) is 5.26 Å². The molecule has 2 rings (SSSR count). The Morgan fingerprint density at radius 1 is 1.35 bits per heavy atom. The van der Waals surface area contributed by atoms with E-state index in [0.717, 1.165) is 22.2 Å². The monoisotopic (exact) mass is 246 g/mol. The first-order valence-electron chi connectivity index (χ1n) is 5.09. The summed E-state index contributed by atoms with van der Waals surface area (Å²) in [6, 6.07) is 9.09. The summed E-state index contributed by atoms with van der Waals surface area (Å²) in [5.41, 5.74) is 1.55. The topological polar surface area (TPSA) is 61.2 Å². The Balaban J connectivity index is 2.09. The zero-order valence-electron chi connectivity index (χ0n) is 9.21. The van der Waals surface area contributed by atoms with Crippen molar-refractivity contribution < 1.29 is 9.59 Å². The zero-order chi connectivity index (χ0) is 12.4. The molecule has 1 aliphatic heterocycles. The minimum absolute atomic E-state index is 0.149. The number of nitriles is 1. The van der Waals surface area contributed by atoms with Gasteiger partial charge in [-0.15, -0.1) is 0 Å². The lowest BCUT2D eigenvalue weighted by molar-refractivity contribution is -0.125.